The Morgan fingerprint density at radius 3 is 2.79 bits per heavy atom. The maximum absolute atomic E-state index is 11.3. The number of nitrogens with two attached hydrogens (primary N) is 1. The van der Waals surface area contributed by atoms with E-state index in [4.69, 9.17) is 9.88 Å². The molecule has 0 fully saturated rings. The van der Waals surface area contributed by atoms with Crippen LogP contribution < -0.4 is 15.2 Å². The van der Waals surface area contributed by atoms with Gasteiger partial charge in [-0.2, -0.15) is 5.10 Å². The summed E-state index contributed by atoms with van der Waals surface area (Å²) in [6, 6.07) is 6.19. The van der Waals surface area contributed by atoms with Crippen LogP contribution in [0.1, 0.15) is 5.69 Å². The number of rotatable bonds is 5. The van der Waals surface area contributed by atoms with Crippen molar-refractivity contribution >= 4 is 15.7 Å². The summed E-state index contributed by atoms with van der Waals surface area (Å²) in [7, 11) is -2.23. The lowest BCUT2D eigenvalue weighted by Crippen LogP contribution is -2.13. The zero-order valence-electron chi connectivity index (χ0n) is 10.3. The molecule has 0 aliphatic heterocycles. The topological polar surface area (TPSA) is 110 Å². The van der Waals surface area contributed by atoms with Crippen molar-refractivity contribution in [1.29, 1.82) is 0 Å². The number of aromatic nitrogens is 2. The second-order valence-electron chi connectivity index (χ2n) is 3.84. The van der Waals surface area contributed by atoms with Crippen molar-refractivity contribution in [2.75, 3.05) is 12.4 Å². The van der Waals surface area contributed by atoms with Crippen LogP contribution in [0.15, 0.2) is 35.4 Å². The Morgan fingerprint density at radius 1 is 1.42 bits per heavy atom. The molecule has 0 atom stereocenters. The van der Waals surface area contributed by atoms with Crippen LogP contribution in [0.3, 0.4) is 0 Å². The number of hydrogen-bond acceptors (Lipinski definition) is 5. The molecule has 102 valence electrons. The number of nitrogens with one attached hydrogen (secondary N) is 2. The molecule has 8 heteroatoms. The monoisotopic (exact) mass is 282 g/mol. The predicted molar refractivity (Wildman–Crippen MR) is 70.3 cm³/mol. The Kier molecular flexibility index (Phi) is 3.72. The highest BCUT2D eigenvalue weighted by atomic mass is 32.2. The summed E-state index contributed by atoms with van der Waals surface area (Å²) < 4.78 is 27.8. The van der Waals surface area contributed by atoms with Gasteiger partial charge in [0.25, 0.3) is 0 Å². The molecule has 0 saturated carbocycles. The molecule has 0 unspecified atom stereocenters. The van der Waals surface area contributed by atoms with Gasteiger partial charge >= 0.3 is 0 Å². The Labute approximate surface area is 110 Å². The Balaban J connectivity index is 2.26. The summed E-state index contributed by atoms with van der Waals surface area (Å²) in [5, 5.41) is 14.8. The molecule has 0 saturated heterocycles. The number of aromatic amines is 1. The SMILES string of the molecule is COc1ccc(S(N)(=O)=O)cc1NCc1ccn[nH]1. The van der Waals surface area contributed by atoms with Gasteiger partial charge in [-0.1, -0.05) is 0 Å². The number of primary sulfonamides is 1. The minimum absolute atomic E-state index is 0.0282. The maximum atomic E-state index is 11.3. The molecule has 1 aromatic heterocycles. The second kappa shape index (κ2) is 5.29. The quantitative estimate of drug-likeness (QED) is 0.747. The van der Waals surface area contributed by atoms with E-state index in [1.807, 2.05) is 6.07 Å². The van der Waals surface area contributed by atoms with Gasteiger partial charge in [-0.25, -0.2) is 13.6 Å². The molecule has 4 N–H and O–H groups in total. The van der Waals surface area contributed by atoms with Crippen molar-refractivity contribution < 1.29 is 13.2 Å². The first kappa shape index (κ1) is 13.4. The van der Waals surface area contributed by atoms with Crippen molar-refractivity contribution in [1.82, 2.24) is 10.2 Å². The first-order valence-corrected chi connectivity index (χ1v) is 6.98. The largest absolute Gasteiger partial charge is 0.495 e. The van der Waals surface area contributed by atoms with Gasteiger partial charge in [-0.3, -0.25) is 5.10 Å². The summed E-state index contributed by atoms with van der Waals surface area (Å²) >= 11 is 0. The lowest BCUT2D eigenvalue weighted by atomic mass is 10.3. The maximum Gasteiger partial charge on any atom is 0.238 e. The van der Waals surface area contributed by atoms with Gasteiger partial charge in [-0.15, -0.1) is 0 Å². The normalized spacial score (nSPS) is 11.3. The van der Waals surface area contributed by atoms with E-state index in [0.29, 0.717) is 18.0 Å². The number of benzene rings is 1. The Morgan fingerprint density at radius 2 is 2.21 bits per heavy atom. The standard InChI is InChI=1S/C11H14N4O3S/c1-18-11-3-2-9(19(12,16)17)6-10(11)13-7-8-4-5-14-15-8/h2-6,13H,7H2,1H3,(H,14,15)(H2,12,16,17). The van der Waals surface area contributed by atoms with E-state index in [-0.39, 0.29) is 4.90 Å². The molecule has 2 aromatic rings. The number of H-pyrrole nitrogens is 1. The zero-order valence-corrected chi connectivity index (χ0v) is 11.1. The molecule has 1 heterocycles. The number of methoxy groups -OCH3 is 1. The number of hydrogen-bond donors (Lipinski definition) is 3. The van der Waals surface area contributed by atoms with Crippen LogP contribution in [0.4, 0.5) is 5.69 Å². The number of anilines is 1. The van der Waals surface area contributed by atoms with E-state index in [1.165, 1.54) is 19.2 Å². The molecule has 19 heavy (non-hydrogen) atoms. The molecule has 1 aromatic carbocycles. The van der Waals surface area contributed by atoms with E-state index >= 15 is 0 Å². The van der Waals surface area contributed by atoms with E-state index < -0.39 is 10.0 Å². The fraction of sp³-hybridized carbons (Fsp3) is 0.182. The molecular weight excluding hydrogens is 268 g/mol. The van der Waals surface area contributed by atoms with Crippen molar-refractivity contribution in [3.05, 3.63) is 36.2 Å². The van der Waals surface area contributed by atoms with Gasteiger partial charge in [0, 0.05) is 6.20 Å². The first-order valence-electron chi connectivity index (χ1n) is 5.43. The summed E-state index contributed by atoms with van der Waals surface area (Å²) in [5.41, 5.74) is 1.41. The summed E-state index contributed by atoms with van der Waals surface area (Å²) in [4.78, 5) is 0.0282. The van der Waals surface area contributed by atoms with Crippen LogP contribution in [-0.4, -0.2) is 25.7 Å². The summed E-state index contributed by atoms with van der Waals surface area (Å²) in [5.74, 6) is 0.534. The average Bonchev–Trinajstić information content (AvgIpc) is 2.88. The number of ether oxygens (including phenoxy) is 1. The first-order chi connectivity index (χ1) is 9.00. The van der Waals surface area contributed by atoms with Crippen molar-refractivity contribution in [2.45, 2.75) is 11.4 Å². The number of nitrogens with zero attached hydrogens (tertiary/aromatic N) is 1. The van der Waals surface area contributed by atoms with Crippen molar-refractivity contribution in [3.8, 4) is 5.75 Å². The lowest BCUT2D eigenvalue weighted by Gasteiger charge is -2.11. The molecule has 0 aliphatic rings. The van der Waals surface area contributed by atoms with E-state index in [0.717, 1.165) is 5.69 Å². The van der Waals surface area contributed by atoms with Crippen LogP contribution in [0.25, 0.3) is 0 Å². The van der Waals surface area contributed by atoms with E-state index in [9.17, 15) is 8.42 Å². The number of sulfonamides is 1. The minimum atomic E-state index is -3.74. The Bertz CT molecular complexity index is 653. The van der Waals surface area contributed by atoms with Crippen molar-refractivity contribution in [3.63, 3.8) is 0 Å². The zero-order chi connectivity index (χ0) is 13.9. The third kappa shape index (κ3) is 3.24. The van der Waals surface area contributed by atoms with Crippen LogP contribution in [0.5, 0.6) is 5.75 Å². The summed E-state index contributed by atoms with van der Waals surface area (Å²) in [6.07, 6.45) is 1.63. The fourth-order valence-corrected chi connectivity index (χ4v) is 2.12. The molecule has 0 bridgehead atoms. The molecule has 2 rings (SSSR count). The van der Waals surface area contributed by atoms with Crippen LogP contribution >= 0.6 is 0 Å². The van der Waals surface area contributed by atoms with Gasteiger partial charge in [0.1, 0.15) is 5.75 Å². The molecule has 7 nitrogen and oxygen atoms in total. The highest BCUT2D eigenvalue weighted by molar-refractivity contribution is 7.89. The Hall–Kier alpha value is -2.06. The second-order valence-corrected chi connectivity index (χ2v) is 5.40. The molecule has 0 aliphatic carbocycles. The van der Waals surface area contributed by atoms with E-state index in [2.05, 4.69) is 15.5 Å². The third-order valence-electron chi connectivity index (χ3n) is 2.53. The predicted octanol–water partition coefficient (Wildman–Crippen LogP) is 0.678. The molecule has 0 amide bonds. The molecular formula is C11H14N4O3S. The summed E-state index contributed by atoms with van der Waals surface area (Å²) in [6.45, 7) is 0.463. The van der Waals surface area contributed by atoms with Gasteiger partial charge in [0.2, 0.25) is 10.0 Å². The van der Waals surface area contributed by atoms with Gasteiger partial charge in [-0.05, 0) is 24.3 Å². The van der Waals surface area contributed by atoms with Crippen LogP contribution in [-0.2, 0) is 16.6 Å². The van der Waals surface area contributed by atoms with Gasteiger partial charge < -0.3 is 10.1 Å². The minimum Gasteiger partial charge on any atom is -0.495 e. The third-order valence-corrected chi connectivity index (χ3v) is 3.44. The van der Waals surface area contributed by atoms with Crippen molar-refractivity contribution in [2.24, 2.45) is 5.14 Å². The molecule has 0 spiro atoms. The highest BCUT2D eigenvalue weighted by Crippen LogP contribution is 2.27. The highest BCUT2D eigenvalue weighted by Gasteiger charge is 2.12. The van der Waals surface area contributed by atoms with Gasteiger partial charge in [0.15, 0.2) is 0 Å². The lowest BCUT2D eigenvalue weighted by molar-refractivity contribution is 0.416. The van der Waals surface area contributed by atoms with Crippen LogP contribution in [0, 0.1) is 0 Å². The van der Waals surface area contributed by atoms with Gasteiger partial charge in [0.05, 0.1) is 29.9 Å². The molecule has 0 radical (unpaired) electrons. The smallest absolute Gasteiger partial charge is 0.238 e. The van der Waals surface area contributed by atoms with E-state index in [1.54, 1.807) is 12.3 Å². The van der Waals surface area contributed by atoms with Crippen LogP contribution in [0.2, 0.25) is 0 Å². The average molecular weight is 282 g/mol. The fourth-order valence-electron chi connectivity index (χ4n) is 1.58.